The van der Waals surface area contributed by atoms with Crippen molar-refractivity contribution in [3.8, 4) is 16.9 Å². The first-order valence-corrected chi connectivity index (χ1v) is 8.25. The lowest BCUT2D eigenvalue weighted by Gasteiger charge is -2.13. The van der Waals surface area contributed by atoms with Crippen LogP contribution in [-0.4, -0.2) is 37.7 Å². The molecule has 0 spiro atoms. The molecule has 5 heteroatoms. The average molecular weight is 325 g/mol. The second kappa shape index (κ2) is 7.95. The maximum atomic E-state index is 11.3. The summed E-state index contributed by atoms with van der Waals surface area (Å²) in [5.74, 6) is 0.741. The first-order valence-electron chi connectivity index (χ1n) is 8.25. The molecule has 0 radical (unpaired) electrons. The van der Waals surface area contributed by atoms with E-state index in [9.17, 15) is 4.79 Å². The molecule has 24 heavy (non-hydrogen) atoms. The number of carbonyl (C=O) groups excluding carboxylic acids is 1. The lowest BCUT2D eigenvalue weighted by molar-refractivity contribution is -0.120. The van der Waals surface area contributed by atoms with Crippen LogP contribution >= 0.6 is 0 Å². The van der Waals surface area contributed by atoms with Crippen LogP contribution in [0.4, 0.5) is 0 Å². The van der Waals surface area contributed by atoms with Crippen LogP contribution in [0.15, 0.2) is 54.6 Å². The molecule has 5 nitrogen and oxygen atoms in total. The Bertz CT molecular complexity index is 658. The Morgan fingerprint density at radius 1 is 1.12 bits per heavy atom. The van der Waals surface area contributed by atoms with Crippen LogP contribution < -0.4 is 21.1 Å². The third-order valence-corrected chi connectivity index (χ3v) is 4.19. The highest BCUT2D eigenvalue weighted by Crippen LogP contribution is 2.22. The average Bonchev–Trinajstić information content (AvgIpc) is 3.08. The molecule has 4 N–H and O–H groups in total. The van der Waals surface area contributed by atoms with Crippen LogP contribution in [0.1, 0.15) is 6.42 Å². The summed E-state index contributed by atoms with van der Waals surface area (Å²) < 4.78 is 5.86. The molecule has 0 aromatic heterocycles. The number of rotatable bonds is 6. The van der Waals surface area contributed by atoms with Crippen molar-refractivity contribution in [3.63, 3.8) is 0 Å². The summed E-state index contributed by atoms with van der Waals surface area (Å²) in [7, 11) is 0. The zero-order valence-electron chi connectivity index (χ0n) is 13.6. The van der Waals surface area contributed by atoms with Crippen molar-refractivity contribution in [2.75, 3.05) is 19.7 Å². The molecule has 1 saturated heterocycles. The van der Waals surface area contributed by atoms with Gasteiger partial charge in [-0.25, -0.2) is 0 Å². The summed E-state index contributed by atoms with van der Waals surface area (Å²) in [6, 6.07) is 18.7. The van der Waals surface area contributed by atoms with Crippen LogP contribution in [-0.2, 0) is 4.79 Å². The van der Waals surface area contributed by atoms with Gasteiger partial charge >= 0.3 is 0 Å². The van der Waals surface area contributed by atoms with Gasteiger partial charge in [-0.1, -0.05) is 42.5 Å². The highest BCUT2D eigenvalue weighted by Gasteiger charge is 2.25. The summed E-state index contributed by atoms with van der Waals surface area (Å²) >= 11 is 0. The molecular weight excluding hydrogens is 302 g/mol. The zero-order valence-corrected chi connectivity index (χ0v) is 13.6. The van der Waals surface area contributed by atoms with Gasteiger partial charge in [-0.3, -0.25) is 4.79 Å². The third-order valence-electron chi connectivity index (χ3n) is 4.19. The number of nitrogens with two attached hydrogens (primary N) is 1. The Morgan fingerprint density at radius 2 is 1.83 bits per heavy atom. The van der Waals surface area contributed by atoms with E-state index in [1.165, 1.54) is 11.1 Å². The van der Waals surface area contributed by atoms with Gasteiger partial charge in [0, 0.05) is 18.6 Å². The number of benzene rings is 2. The topological polar surface area (TPSA) is 76.4 Å². The van der Waals surface area contributed by atoms with Crippen molar-refractivity contribution in [1.29, 1.82) is 0 Å². The summed E-state index contributed by atoms with van der Waals surface area (Å²) in [4.78, 5) is 11.3. The molecule has 0 saturated carbocycles. The Hall–Kier alpha value is -2.37. The number of nitrogens with one attached hydrogen (secondary N) is 2. The van der Waals surface area contributed by atoms with Gasteiger partial charge in [0.05, 0.1) is 6.54 Å². The van der Waals surface area contributed by atoms with Gasteiger partial charge in [-0.05, 0) is 29.7 Å². The molecule has 3 rings (SSSR count). The smallest absolute Gasteiger partial charge is 0.233 e. The first kappa shape index (κ1) is 16.5. The highest BCUT2D eigenvalue weighted by atomic mass is 16.5. The fraction of sp³-hybridized carbons (Fsp3) is 0.316. The molecule has 126 valence electrons. The standard InChI is InChI=1S/C19H23N3O2/c20-11-19(23)22-16-10-17(21-12-16)13-24-18-8-6-15(7-9-18)14-4-2-1-3-5-14/h1-9,16-17,21H,10-13,20H2,(H,22,23)/t16-,17+/m1/s1. The van der Waals surface area contributed by atoms with Gasteiger partial charge < -0.3 is 21.1 Å². The van der Waals surface area contributed by atoms with E-state index in [0.29, 0.717) is 6.61 Å². The van der Waals surface area contributed by atoms with Gasteiger partial charge in [0.15, 0.2) is 0 Å². The van der Waals surface area contributed by atoms with E-state index in [1.807, 2.05) is 30.3 Å². The first-order chi connectivity index (χ1) is 11.7. The quantitative estimate of drug-likeness (QED) is 0.753. The van der Waals surface area contributed by atoms with Crippen LogP contribution in [0.25, 0.3) is 11.1 Å². The molecule has 0 aliphatic carbocycles. The maximum absolute atomic E-state index is 11.3. The second-order valence-electron chi connectivity index (χ2n) is 6.01. The minimum Gasteiger partial charge on any atom is -0.492 e. The Labute approximate surface area is 142 Å². The van der Waals surface area contributed by atoms with E-state index in [1.54, 1.807) is 0 Å². The van der Waals surface area contributed by atoms with E-state index in [-0.39, 0.29) is 24.5 Å². The number of amides is 1. The molecule has 1 amide bonds. The van der Waals surface area contributed by atoms with Gasteiger partial charge in [0.1, 0.15) is 12.4 Å². The van der Waals surface area contributed by atoms with E-state index < -0.39 is 0 Å². The van der Waals surface area contributed by atoms with Gasteiger partial charge in [0.25, 0.3) is 0 Å². The Balaban J connectivity index is 1.48. The SMILES string of the molecule is NCC(=O)N[C@H]1CN[C@H](COc2ccc(-c3ccccc3)cc2)C1. The summed E-state index contributed by atoms with van der Waals surface area (Å²) in [6.07, 6.45) is 0.855. The van der Waals surface area contributed by atoms with Crippen LogP contribution in [0.5, 0.6) is 5.75 Å². The van der Waals surface area contributed by atoms with Gasteiger partial charge in [-0.2, -0.15) is 0 Å². The molecule has 2 aromatic rings. The van der Waals surface area contributed by atoms with Crippen molar-refractivity contribution in [2.45, 2.75) is 18.5 Å². The highest BCUT2D eigenvalue weighted by molar-refractivity contribution is 5.78. The fourth-order valence-electron chi connectivity index (χ4n) is 2.91. The minimum atomic E-state index is -0.111. The zero-order chi connectivity index (χ0) is 16.8. The molecule has 1 aliphatic rings. The van der Waals surface area contributed by atoms with E-state index in [2.05, 4.69) is 34.9 Å². The number of ether oxygens (including phenoxy) is 1. The number of carbonyl (C=O) groups is 1. The molecule has 1 heterocycles. The molecule has 1 fully saturated rings. The number of hydrogen-bond donors (Lipinski definition) is 3. The molecule has 0 unspecified atom stereocenters. The number of hydrogen-bond acceptors (Lipinski definition) is 4. The van der Waals surface area contributed by atoms with Crippen molar-refractivity contribution in [2.24, 2.45) is 5.73 Å². The monoisotopic (exact) mass is 325 g/mol. The molecule has 2 atom stereocenters. The van der Waals surface area contributed by atoms with Crippen LogP contribution in [0.3, 0.4) is 0 Å². The fourth-order valence-corrected chi connectivity index (χ4v) is 2.91. The predicted octanol–water partition coefficient (Wildman–Crippen LogP) is 1.54. The molecular formula is C19H23N3O2. The van der Waals surface area contributed by atoms with Gasteiger partial charge in [0.2, 0.25) is 5.91 Å². The normalized spacial score (nSPS) is 19.9. The van der Waals surface area contributed by atoms with Crippen LogP contribution in [0, 0.1) is 0 Å². The van der Waals surface area contributed by atoms with Crippen molar-refractivity contribution in [1.82, 2.24) is 10.6 Å². The predicted molar refractivity (Wildman–Crippen MR) is 94.8 cm³/mol. The van der Waals surface area contributed by atoms with E-state index in [4.69, 9.17) is 10.5 Å². The van der Waals surface area contributed by atoms with Gasteiger partial charge in [-0.15, -0.1) is 0 Å². The molecule has 2 aromatic carbocycles. The van der Waals surface area contributed by atoms with Crippen molar-refractivity contribution < 1.29 is 9.53 Å². The van der Waals surface area contributed by atoms with Crippen molar-refractivity contribution >= 4 is 5.91 Å². The Morgan fingerprint density at radius 3 is 2.54 bits per heavy atom. The summed E-state index contributed by atoms with van der Waals surface area (Å²) in [5.41, 5.74) is 7.68. The van der Waals surface area contributed by atoms with E-state index >= 15 is 0 Å². The van der Waals surface area contributed by atoms with Crippen LogP contribution in [0.2, 0.25) is 0 Å². The minimum absolute atomic E-state index is 0.0332. The molecule has 1 aliphatic heterocycles. The Kier molecular flexibility index (Phi) is 5.46. The maximum Gasteiger partial charge on any atom is 0.233 e. The van der Waals surface area contributed by atoms with Crippen molar-refractivity contribution in [3.05, 3.63) is 54.6 Å². The third kappa shape index (κ3) is 4.34. The second-order valence-corrected chi connectivity index (χ2v) is 6.01. The largest absolute Gasteiger partial charge is 0.492 e. The summed E-state index contributed by atoms with van der Waals surface area (Å²) in [6.45, 7) is 1.37. The lowest BCUT2D eigenvalue weighted by Crippen LogP contribution is -2.39. The molecule has 0 bridgehead atoms. The van der Waals surface area contributed by atoms with E-state index in [0.717, 1.165) is 18.7 Å². The lowest BCUT2D eigenvalue weighted by atomic mass is 10.1. The summed E-state index contributed by atoms with van der Waals surface area (Å²) in [5, 5.41) is 6.26.